The molecule has 0 atom stereocenters. The van der Waals surface area contributed by atoms with E-state index in [-0.39, 0.29) is 18.5 Å². The molecule has 2 amide bonds. The lowest BCUT2D eigenvalue weighted by molar-refractivity contribution is -0.132. The monoisotopic (exact) mass is 684 g/mol. The first-order valence-corrected chi connectivity index (χ1v) is 17.1. The van der Waals surface area contributed by atoms with Crippen molar-refractivity contribution >= 4 is 52.0 Å². The van der Waals surface area contributed by atoms with Crippen LogP contribution in [0.3, 0.4) is 0 Å². The van der Waals surface area contributed by atoms with E-state index < -0.39 is 5.91 Å². The van der Waals surface area contributed by atoms with E-state index in [9.17, 15) is 9.59 Å². The summed E-state index contributed by atoms with van der Waals surface area (Å²) in [5.74, 6) is 0.904. The smallest absolute Gasteiger partial charge is 0.242 e. The highest BCUT2D eigenvalue weighted by atomic mass is 35.5. The molecule has 1 aliphatic rings. The van der Waals surface area contributed by atoms with Gasteiger partial charge in [-0.2, -0.15) is 0 Å². The van der Waals surface area contributed by atoms with Crippen molar-refractivity contribution in [3.05, 3.63) is 113 Å². The van der Waals surface area contributed by atoms with Gasteiger partial charge in [-0.05, 0) is 73.4 Å². The lowest BCUT2D eigenvalue weighted by Crippen LogP contribution is -2.52. The summed E-state index contributed by atoms with van der Waals surface area (Å²) in [5.41, 5.74) is 13.0. The van der Waals surface area contributed by atoms with Gasteiger partial charge in [-0.3, -0.25) is 9.59 Å². The van der Waals surface area contributed by atoms with Crippen molar-refractivity contribution in [1.29, 1.82) is 0 Å². The number of hydrogen-bond acceptors (Lipinski definition) is 5. The fraction of sp³-hybridized carbons (Fsp3) is 0.289. The van der Waals surface area contributed by atoms with Gasteiger partial charge in [0.25, 0.3) is 0 Å². The van der Waals surface area contributed by atoms with Crippen molar-refractivity contribution in [2.24, 2.45) is 5.73 Å². The number of halogens is 2. The third kappa shape index (κ3) is 8.48. The summed E-state index contributed by atoms with van der Waals surface area (Å²) < 4.78 is 2.07. The number of allylic oxidation sites excluding steroid dienone is 4. The molecule has 2 heterocycles. The highest BCUT2D eigenvalue weighted by Crippen LogP contribution is 2.30. The minimum absolute atomic E-state index is 0.0628. The Morgan fingerprint density at radius 3 is 2.19 bits per heavy atom. The van der Waals surface area contributed by atoms with E-state index in [4.69, 9.17) is 33.9 Å². The molecule has 8 nitrogen and oxygen atoms in total. The zero-order valence-corrected chi connectivity index (χ0v) is 29.1. The van der Waals surface area contributed by atoms with Crippen LogP contribution in [0.4, 0.5) is 11.4 Å². The van der Waals surface area contributed by atoms with E-state index in [1.165, 1.54) is 0 Å². The van der Waals surface area contributed by atoms with Gasteiger partial charge in [0, 0.05) is 65.3 Å². The number of hydrogen-bond donors (Lipinski definition) is 2. The average Bonchev–Trinajstić information content (AvgIpc) is 3.49. The molecule has 3 N–H and O–H groups in total. The quantitative estimate of drug-likeness (QED) is 0.114. The Balaban J connectivity index is 1.37. The van der Waals surface area contributed by atoms with Gasteiger partial charge in [0.2, 0.25) is 11.8 Å². The number of carbonyl (C=O) groups excluding carboxylic acids is 2. The molecular formula is C38H42Cl2N6O2. The maximum atomic E-state index is 12.6. The first kappa shape index (κ1) is 34.8. The number of nitrogens with zero attached hydrogens (tertiary/aromatic N) is 4. The van der Waals surface area contributed by atoms with Gasteiger partial charge in [0.05, 0.1) is 18.8 Å². The van der Waals surface area contributed by atoms with Crippen molar-refractivity contribution in [2.75, 3.05) is 42.3 Å². The fourth-order valence-corrected chi connectivity index (χ4v) is 6.33. The Labute approximate surface area is 292 Å². The molecule has 5 rings (SSSR count). The zero-order valence-electron chi connectivity index (χ0n) is 27.6. The second kappa shape index (κ2) is 16.0. The molecule has 0 spiro atoms. The second-order valence-corrected chi connectivity index (χ2v) is 12.8. The summed E-state index contributed by atoms with van der Waals surface area (Å²) in [7, 11) is 0. The minimum atomic E-state index is -0.422. The summed E-state index contributed by atoms with van der Waals surface area (Å²) in [5, 5.41) is 3.59. The zero-order chi connectivity index (χ0) is 34.2. The SMILES string of the molecule is CC/C=C(\C(Cl)=C/CCl)c1cn(-c2ccc(NCC(N)=O)cc2)c(Cc2ccc(-c3ccc(N4CCN(C(C)C)C(=O)C4)cc3)cc2)n1. The molecule has 3 aromatic carbocycles. The summed E-state index contributed by atoms with van der Waals surface area (Å²) in [6, 6.07) is 24.9. The molecule has 10 heteroatoms. The van der Waals surface area contributed by atoms with Crippen molar-refractivity contribution in [2.45, 2.75) is 39.7 Å². The molecule has 1 fully saturated rings. The summed E-state index contributed by atoms with van der Waals surface area (Å²) in [6.07, 6.45) is 7.22. The van der Waals surface area contributed by atoms with Crippen LogP contribution in [0.25, 0.3) is 22.4 Å². The molecule has 4 aromatic rings. The van der Waals surface area contributed by atoms with Crippen LogP contribution < -0.4 is 16.0 Å². The highest BCUT2D eigenvalue weighted by Gasteiger charge is 2.25. The normalized spacial score (nSPS) is 14.2. The van der Waals surface area contributed by atoms with Gasteiger partial charge in [0.1, 0.15) is 5.82 Å². The van der Waals surface area contributed by atoms with Crippen molar-refractivity contribution in [1.82, 2.24) is 14.5 Å². The maximum absolute atomic E-state index is 12.6. The van der Waals surface area contributed by atoms with Gasteiger partial charge in [-0.15, -0.1) is 11.6 Å². The number of benzene rings is 3. The summed E-state index contributed by atoms with van der Waals surface area (Å²) in [6.45, 7) is 8.22. The maximum Gasteiger partial charge on any atom is 0.242 e. The highest BCUT2D eigenvalue weighted by molar-refractivity contribution is 6.37. The number of carbonyl (C=O) groups is 2. The Morgan fingerprint density at radius 1 is 0.958 bits per heavy atom. The van der Waals surface area contributed by atoms with Gasteiger partial charge >= 0.3 is 0 Å². The lowest BCUT2D eigenvalue weighted by atomic mass is 10.0. The minimum Gasteiger partial charge on any atom is -0.376 e. The predicted molar refractivity (Wildman–Crippen MR) is 198 cm³/mol. The van der Waals surface area contributed by atoms with Crippen LogP contribution >= 0.6 is 23.2 Å². The van der Waals surface area contributed by atoms with E-state index in [2.05, 4.69) is 90.2 Å². The van der Waals surface area contributed by atoms with E-state index in [0.29, 0.717) is 23.9 Å². The first-order chi connectivity index (χ1) is 23.2. The van der Waals surface area contributed by atoms with Crippen molar-refractivity contribution < 1.29 is 9.59 Å². The van der Waals surface area contributed by atoms with Crippen LogP contribution in [0.2, 0.25) is 0 Å². The first-order valence-electron chi connectivity index (χ1n) is 16.2. The average molecular weight is 686 g/mol. The van der Waals surface area contributed by atoms with Gasteiger partial charge in [0.15, 0.2) is 0 Å². The third-order valence-electron chi connectivity index (χ3n) is 8.35. The van der Waals surface area contributed by atoms with Crippen molar-refractivity contribution in [3.8, 4) is 16.8 Å². The number of aromatic nitrogens is 2. The van der Waals surface area contributed by atoms with Crippen LogP contribution in [-0.2, 0) is 16.0 Å². The van der Waals surface area contributed by atoms with Crippen LogP contribution in [0.15, 0.2) is 96.2 Å². The molecule has 0 bridgehead atoms. The molecular weight excluding hydrogens is 643 g/mol. The van der Waals surface area contributed by atoms with E-state index >= 15 is 0 Å². The molecule has 1 saturated heterocycles. The predicted octanol–water partition coefficient (Wildman–Crippen LogP) is 7.24. The number of imidazole rings is 1. The standard InChI is InChI=1S/C38H42Cl2N6O2/c1-4-5-33(34(40)18-19-39)35-24-46(32-16-12-30(13-17-32)42-23-36(41)47)37(43-35)22-27-6-8-28(9-7-27)29-10-14-31(15-11-29)44-20-21-45(26(2)3)38(48)25-44/h5-18,24,26,42H,4,19-23,25H2,1-3H3,(H2,41,47)/b33-5+,34-18+. The number of rotatable bonds is 13. The van der Waals surface area contributed by atoms with Crippen LogP contribution in [0, 0.1) is 0 Å². The molecule has 0 saturated carbocycles. The second-order valence-electron chi connectivity index (χ2n) is 12.0. The Bertz CT molecular complexity index is 1780. The van der Waals surface area contributed by atoms with Crippen molar-refractivity contribution in [3.63, 3.8) is 0 Å². The number of piperazine rings is 1. The van der Waals surface area contributed by atoms with Gasteiger partial charge in [-0.25, -0.2) is 4.98 Å². The Kier molecular flexibility index (Phi) is 11.6. The van der Waals surface area contributed by atoms with E-state index in [0.717, 1.165) is 70.4 Å². The largest absolute Gasteiger partial charge is 0.376 e. The number of anilines is 2. The molecule has 1 aromatic heterocycles. The number of amides is 2. The number of nitrogens with two attached hydrogens (primary N) is 1. The molecule has 0 unspecified atom stereocenters. The topological polar surface area (TPSA) is 96.5 Å². The molecule has 1 aliphatic heterocycles. The number of nitrogens with one attached hydrogen (secondary N) is 1. The molecule has 250 valence electrons. The van der Waals surface area contributed by atoms with Crippen LogP contribution in [0.1, 0.15) is 44.3 Å². The molecule has 0 aliphatic carbocycles. The fourth-order valence-electron chi connectivity index (χ4n) is 5.85. The number of alkyl halides is 1. The van der Waals surface area contributed by atoms with E-state index in [1.54, 1.807) is 6.08 Å². The van der Waals surface area contributed by atoms with Gasteiger partial charge < -0.3 is 25.4 Å². The van der Waals surface area contributed by atoms with E-state index in [1.807, 2.05) is 35.4 Å². The lowest BCUT2D eigenvalue weighted by Gasteiger charge is -2.37. The molecule has 0 radical (unpaired) electrons. The summed E-state index contributed by atoms with van der Waals surface area (Å²) in [4.78, 5) is 33.0. The Morgan fingerprint density at radius 2 is 1.60 bits per heavy atom. The summed E-state index contributed by atoms with van der Waals surface area (Å²) >= 11 is 12.6. The molecule has 48 heavy (non-hydrogen) atoms. The van der Waals surface area contributed by atoms with Crippen LogP contribution in [0.5, 0.6) is 0 Å². The van der Waals surface area contributed by atoms with Gasteiger partial charge in [-0.1, -0.05) is 67.1 Å². The number of primary amides is 1. The van der Waals surface area contributed by atoms with Crippen LogP contribution in [-0.4, -0.2) is 64.4 Å². The third-order valence-corrected chi connectivity index (χ3v) is 8.86. The Hall–Kier alpha value is -4.53.